The van der Waals surface area contributed by atoms with Crippen LogP contribution in [0.1, 0.15) is 20.8 Å². The molecular formula is C8H12O6. The van der Waals surface area contributed by atoms with Gasteiger partial charge in [0.2, 0.25) is 0 Å². The Labute approximate surface area is 81.2 Å². The monoisotopic (exact) mass is 204 g/mol. The molecule has 6 nitrogen and oxygen atoms in total. The van der Waals surface area contributed by atoms with Gasteiger partial charge in [-0.1, -0.05) is 6.58 Å². The summed E-state index contributed by atoms with van der Waals surface area (Å²) in [6, 6.07) is 0. The van der Waals surface area contributed by atoms with Crippen LogP contribution in [0.2, 0.25) is 0 Å². The highest BCUT2D eigenvalue weighted by Gasteiger charge is 2.17. The summed E-state index contributed by atoms with van der Waals surface area (Å²) in [5.74, 6) is -0.905. The molecule has 0 fully saturated rings. The molecule has 0 heterocycles. The number of hydrogen-bond donors (Lipinski definition) is 0. The fourth-order valence-electron chi connectivity index (χ4n) is 0.282. The van der Waals surface area contributed by atoms with Gasteiger partial charge in [-0.25, -0.2) is 14.6 Å². The summed E-state index contributed by atoms with van der Waals surface area (Å²) in [5, 5.41) is 0. The van der Waals surface area contributed by atoms with Gasteiger partial charge < -0.3 is 0 Å². The molecule has 14 heavy (non-hydrogen) atoms. The Morgan fingerprint density at radius 3 is 2.14 bits per heavy atom. The minimum Gasteiger partial charge on any atom is -0.256 e. The lowest BCUT2D eigenvalue weighted by Gasteiger charge is -2.15. The first-order chi connectivity index (χ1) is 6.35. The molecule has 0 saturated heterocycles. The average Bonchev–Trinajstić information content (AvgIpc) is 2.09. The van der Waals surface area contributed by atoms with Crippen molar-refractivity contribution in [1.29, 1.82) is 0 Å². The van der Waals surface area contributed by atoms with Crippen LogP contribution < -0.4 is 0 Å². The van der Waals surface area contributed by atoms with Crippen LogP contribution in [-0.2, 0) is 24.3 Å². The van der Waals surface area contributed by atoms with Crippen molar-refractivity contribution in [2.75, 3.05) is 0 Å². The average molecular weight is 204 g/mol. The third-order valence-electron chi connectivity index (χ3n) is 0.718. The second kappa shape index (κ2) is 5.23. The molecule has 0 unspecified atom stereocenters. The van der Waals surface area contributed by atoms with E-state index in [9.17, 15) is 9.59 Å². The van der Waals surface area contributed by atoms with E-state index in [4.69, 9.17) is 0 Å². The van der Waals surface area contributed by atoms with Gasteiger partial charge in [-0.3, -0.25) is 4.89 Å². The maximum atomic E-state index is 10.6. The van der Waals surface area contributed by atoms with E-state index in [-0.39, 0.29) is 0 Å². The Morgan fingerprint density at radius 2 is 1.71 bits per heavy atom. The lowest BCUT2D eigenvalue weighted by atomic mass is 10.2. The van der Waals surface area contributed by atoms with Crippen molar-refractivity contribution in [2.24, 2.45) is 0 Å². The van der Waals surface area contributed by atoms with E-state index >= 15 is 0 Å². The van der Waals surface area contributed by atoms with Gasteiger partial charge in [0, 0.05) is 6.08 Å². The van der Waals surface area contributed by atoms with Crippen LogP contribution in [0.4, 0.5) is 4.79 Å². The molecule has 0 radical (unpaired) electrons. The number of rotatable bonds is 2. The Morgan fingerprint density at radius 1 is 1.14 bits per heavy atom. The largest absolute Gasteiger partial charge is 0.582 e. The molecule has 0 spiro atoms. The number of hydrogen-bond acceptors (Lipinski definition) is 6. The van der Waals surface area contributed by atoms with Gasteiger partial charge in [0.15, 0.2) is 0 Å². The fourth-order valence-corrected chi connectivity index (χ4v) is 0.282. The maximum absolute atomic E-state index is 10.6. The summed E-state index contributed by atoms with van der Waals surface area (Å²) in [6.45, 7) is 8.07. The fraction of sp³-hybridized carbons (Fsp3) is 0.500. The Kier molecular flexibility index (Phi) is 4.65. The molecule has 6 heteroatoms. The summed E-state index contributed by atoms with van der Waals surface area (Å²) >= 11 is 0. The first kappa shape index (κ1) is 12.4. The van der Waals surface area contributed by atoms with Gasteiger partial charge in [-0.2, -0.15) is 9.68 Å². The first-order valence-electron chi connectivity index (χ1n) is 3.76. The molecule has 0 rings (SSSR count). The zero-order valence-electron chi connectivity index (χ0n) is 8.23. The van der Waals surface area contributed by atoms with Crippen LogP contribution in [0.3, 0.4) is 0 Å². The van der Waals surface area contributed by atoms with E-state index in [1.54, 1.807) is 20.8 Å². The van der Waals surface area contributed by atoms with Crippen LogP contribution in [0.25, 0.3) is 0 Å². The van der Waals surface area contributed by atoms with Crippen molar-refractivity contribution in [3.05, 3.63) is 12.7 Å². The molecule has 0 aliphatic rings. The van der Waals surface area contributed by atoms with Crippen molar-refractivity contribution in [3.63, 3.8) is 0 Å². The minimum atomic E-state index is -1.27. The van der Waals surface area contributed by atoms with Crippen molar-refractivity contribution in [3.8, 4) is 0 Å². The minimum absolute atomic E-state index is 0.665. The smallest absolute Gasteiger partial charge is 0.256 e. The predicted molar refractivity (Wildman–Crippen MR) is 44.7 cm³/mol. The van der Waals surface area contributed by atoms with Crippen molar-refractivity contribution < 1.29 is 29.1 Å². The van der Waals surface area contributed by atoms with Crippen LogP contribution in [-0.4, -0.2) is 17.7 Å². The zero-order chi connectivity index (χ0) is 11.2. The second-order valence-corrected chi connectivity index (χ2v) is 3.22. The number of carbonyl (C=O) groups excluding carboxylic acids is 2. The van der Waals surface area contributed by atoms with Crippen molar-refractivity contribution in [1.82, 2.24) is 0 Å². The van der Waals surface area contributed by atoms with Crippen molar-refractivity contribution in [2.45, 2.75) is 26.4 Å². The van der Waals surface area contributed by atoms with Gasteiger partial charge in [0.05, 0.1) is 0 Å². The van der Waals surface area contributed by atoms with Gasteiger partial charge in [-0.05, 0) is 20.8 Å². The molecule has 0 aliphatic heterocycles. The van der Waals surface area contributed by atoms with Gasteiger partial charge in [0.25, 0.3) is 0 Å². The molecular weight excluding hydrogens is 192 g/mol. The number of carbonyl (C=O) groups is 2. The van der Waals surface area contributed by atoms with Crippen LogP contribution >= 0.6 is 0 Å². The molecule has 80 valence electrons. The molecule has 0 aromatic heterocycles. The summed E-state index contributed by atoms with van der Waals surface area (Å²) in [5.41, 5.74) is -0.665. The van der Waals surface area contributed by atoms with E-state index in [1.807, 2.05) is 0 Å². The SMILES string of the molecule is C=CC(=O)OOC(=O)OOC(C)(C)C. The highest BCUT2D eigenvalue weighted by atomic mass is 17.3. The quantitative estimate of drug-likeness (QED) is 0.385. The third kappa shape index (κ3) is 7.11. The summed E-state index contributed by atoms with van der Waals surface area (Å²) in [4.78, 5) is 37.5. The van der Waals surface area contributed by atoms with E-state index < -0.39 is 17.7 Å². The molecule has 0 aromatic rings. The first-order valence-corrected chi connectivity index (χ1v) is 3.76. The van der Waals surface area contributed by atoms with Crippen LogP contribution in [0.5, 0.6) is 0 Å². The molecule has 0 atom stereocenters. The highest BCUT2D eigenvalue weighted by molar-refractivity contribution is 5.81. The van der Waals surface area contributed by atoms with Gasteiger partial charge in [-0.15, -0.1) is 0 Å². The molecule has 0 bridgehead atoms. The molecule has 0 N–H and O–H groups in total. The van der Waals surface area contributed by atoms with Gasteiger partial charge in [0.1, 0.15) is 5.60 Å². The van der Waals surface area contributed by atoms with E-state index in [0.29, 0.717) is 0 Å². The Balaban J connectivity index is 3.67. The maximum Gasteiger partial charge on any atom is 0.582 e. The Hall–Kier alpha value is -1.56. The lowest BCUT2D eigenvalue weighted by molar-refractivity contribution is -0.340. The lowest BCUT2D eigenvalue weighted by Crippen LogP contribution is -2.22. The second-order valence-electron chi connectivity index (χ2n) is 3.22. The molecule has 0 aromatic carbocycles. The van der Waals surface area contributed by atoms with E-state index in [2.05, 4.69) is 26.1 Å². The van der Waals surface area contributed by atoms with Gasteiger partial charge >= 0.3 is 12.1 Å². The standard InChI is InChI=1S/C8H12O6/c1-5-6(9)11-12-7(10)13-14-8(2,3)4/h5H,1H2,2-4H3. The summed E-state index contributed by atoms with van der Waals surface area (Å²) < 4.78 is 0. The molecule has 0 saturated carbocycles. The third-order valence-corrected chi connectivity index (χ3v) is 0.718. The molecule has 0 amide bonds. The van der Waals surface area contributed by atoms with Crippen molar-refractivity contribution >= 4 is 12.1 Å². The predicted octanol–water partition coefficient (Wildman–Crippen LogP) is 1.51. The highest BCUT2D eigenvalue weighted by Crippen LogP contribution is 2.07. The topological polar surface area (TPSA) is 71.1 Å². The van der Waals surface area contributed by atoms with Crippen LogP contribution in [0.15, 0.2) is 12.7 Å². The van der Waals surface area contributed by atoms with E-state index in [1.165, 1.54) is 0 Å². The molecule has 0 aliphatic carbocycles. The Bertz CT molecular complexity index is 226. The van der Waals surface area contributed by atoms with Crippen LogP contribution in [0, 0.1) is 0 Å². The normalized spacial score (nSPS) is 10.2. The summed E-state index contributed by atoms with van der Waals surface area (Å²) in [7, 11) is 0. The van der Waals surface area contributed by atoms with E-state index in [0.717, 1.165) is 6.08 Å². The summed E-state index contributed by atoms with van der Waals surface area (Å²) in [6.07, 6.45) is -0.437. The zero-order valence-corrected chi connectivity index (χ0v) is 8.23.